The van der Waals surface area contributed by atoms with Gasteiger partial charge in [-0.3, -0.25) is 19.3 Å². The number of amides is 1. The molecule has 0 aromatic heterocycles. The highest BCUT2D eigenvalue weighted by Gasteiger charge is 2.63. The number of ether oxygens (including phenoxy) is 3. The molecule has 0 saturated heterocycles. The Morgan fingerprint density at radius 2 is 1.64 bits per heavy atom. The van der Waals surface area contributed by atoms with Crippen molar-refractivity contribution in [3.8, 4) is 34.1 Å². The summed E-state index contributed by atoms with van der Waals surface area (Å²) in [5.74, 6) is -5.93. The maximum atomic E-state index is 14.0. The number of aromatic hydroxyl groups is 1. The number of Topliss-reactive ketones (excluding diaryl/α,β-unsaturated/α-hetero) is 2. The molecular weight excluding hydrogens is 548 g/mol. The number of ketones is 2. The first-order valence-corrected chi connectivity index (χ1v) is 13.1. The van der Waals surface area contributed by atoms with Gasteiger partial charge in [0.05, 0.1) is 32.9 Å². The second-order valence-electron chi connectivity index (χ2n) is 10.9. The number of phenols is 1. The number of nitrogens with two attached hydrogens (primary N) is 1. The number of aliphatic hydroxyl groups is 3. The van der Waals surface area contributed by atoms with Crippen LogP contribution in [0.3, 0.4) is 0 Å². The van der Waals surface area contributed by atoms with E-state index in [4.69, 9.17) is 19.9 Å². The van der Waals surface area contributed by atoms with E-state index in [1.807, 2.05) is 0 Å². The molecule has 0 fully saturated rings. The number of benzene rings is 2. The maximum absolute atomic E-state index is 14.0. The van der Waals surface area contributed by atoms with E-state index in [9.17, 15) is 34.8 Å². The molecule has 0 saturated carbocycles. The van der Waals surface area contributed by atoms with Crippen LogP contribution in [0.25, 0.3) is 11.1 Å². The van der Waals surface area contributed by atoms with Gasteiger partial charge in [0.15, 0.2) is 22.9 Å². The van der Waals surface area contributed by atoms with E-state index in [1.165, 1.54) is 32.3 Å². The molecule has 222 valence electrons. The summed E-state index contributed by atoms with van der Waals surface area (Å²) in [6.07, 6.45) is 0.116. The molecule has 6 N–H and O–H groups in total. The molecule has 0 aliphatic heterocycles. The van der Waals surface area contributed by atoms with E-state index >= 15 is 0 Å². The number of methoxy groups -OCH3 is 3. The lowest BCUT2D eigenvalue weighted by Crippen LogP contribution is -2.63. The Kier molecular flexibility index (Phi) is 6.94. The lowest BCUT2D eigenvalue weighted by molar-refractivity contribution is -0.148. The molecule has 0 bridgehead atoms. The molecule has 0 radical (unpaired) electrons. The van der Waals surface area contributed by atoms with Crippen LogP contribution in [-0.4, -0.2) is 89.9 Å². The minimum absolute atomic E-state index is 0.0177. The molecule has 0 spiro atoms. The first-order chi connectivity index (χ1) is 19.8. The first kappa shape index (κ1) is 29.0. The molecular formula is C30H32N2O10. The van der Waals surface area contributed by atoms with Crippen LogP contribution in [0.15, 0.2) is 46.9 Å². The van der Waals surface area contributed by atoms with Gasteiger partial charge >= 0.3 is 0 Å². The van der Waals surface area contributed by atoms with Crippen molar-refractivity contribution in [2.24, 2.45) is 17.6 Å². The number of phenolic OH excluding ortho intramolecular Hbond substituents is 1. The lowest BCUT2D eigenvalue weighted by atomic mass is 9.58. The third-order valence-electron chi connectivity index (χ3n) is 8.58. The van der Waals surface area contributed by atoms with E-state index < -0.39 is 58.0 Å². The maximum Gasteiger partial charge on any atom is 0.255 e. The number of fused-ring (bicyclic) bond motifs is 3. The molecule has 5 rings (SSSR count). The van der Waals surface area contributed by atoms with Gasteiger partial charge in [0.2, 0.25) is 11.5 Å². The van der Waals surface area contributed by atoms with E-state index in [-0.39, 0.29) is 29.7 Å². The van der Waals surface area contributed by atoms with Crippen molar-refractivity contribution in [2.45, 2.75) is 24.5 Å². The molecule has 42 heavy (non-hydrogen) atoms. The summed E-state index contributed by atoms with van der Waals surface area (Å²) in [5, 5.41) is 45.0. The summed E-state index contributed by atoms with van der Waals surface area (Å²) < 4.78 is 16.4. The summed E-state index contributed by atoms with van der Waals surface area (Å²) in [6.45, 7) is 0. The number of primary amides is 1. The fourth-order valence-corrected chi connectivity index (χ4v) is 6.76. The van der Waals surface area contributed by atoms with Crippen molar-refractivity contribution in [1.82, 2.24) is 4.90 Å². The van der Waals surface area contributed by atoms with Gasteiger partial charge in [-0.25, -0.2) is 0 Å². The second kappa shape index (κ2) is 10.1. The number of aliphatic hydroxyl groups excluding tert-OH is 2. The Hall–Kier alpha value is -4.55. The van der Waals surface area contributed by atoms with Crippen molar-refractivity contribution >= 4 is 17.5 Å². The Bertz CT molecular complexity index is 1580. The summed E-state index contributed by atoms with van der Waals surface area (Å²) in [4.78, 5) is 41.1. The summed E-state index contributed by atoms with van der Waals surface area (Å²) in [7, 11) is 7.57. The van der Waals surface area contributed by atoms with E-state index in [0.717, 1.165) is 0 Å². The van der Waals surface area contributed by atoms with Crippen molar-refractivity contribution in [3.63, 3.8) is 0 Å². The van der Waals surface area contributed by atoms with Crippen LogP contribution in [0.1, 0.15) is 22.3 Å². The molecule has 12 heteroatoms. The minimum atomic E-state index is -2.70. The number of carbonyl (C=O) groups excluding carboxylic acids is 3. The predicted molar refractivity (Wildman–Crippen MR) is 149 cm³/mol. The summed E-state index contributed by atoms with van der Waals surface area (Å²) in [6, 6.07) is 5.33. The predicted octanol–water partition coefficient (Wildman–Crippen LogP) is 1.81. The number of nitrogens with zero attached hydrogens (tertiary/aromatic N) is 1. The van der Waals surface area contributed by atoms with Crippen LogP contribution in [0.4, 0.5) is 0 Å². The molecule has 3 aliphatic rings. The van der Waals surface area contributed by atoms with Crippen LogP contribution < -0.4 is 19.9 Å². The molecule has 2 aromatic carbocycles. The van der Waals surface area contributed by atoms with Crippen LogP contribution >= 0.6 is 0 Å². The molecule has 3 aliphatic carbocycles. The van der Waals surface area contributed by atoms with Gasteiger partial charge in [0, 0.05) is 11.5 Å². The smallest absolute Gasteiger partial charge is 0.255 e. The third kappa shape index (κ3) is 3.86. The quantitative estimate of drug-likeness (QED) is 0.313. The minimum Gasteiger partial charge on any atom is -0.510 e. The Labute approximate surface area is 241 Å². The van der Waals surface area contributed by atoms with Gasteiger partial charge in [-0.1, -0.05) is 6.07 Å². The highest BCUT2D eigenvalue weighted by atomic mass is 16.5. The zero-order valence-corrected chi connectivity index (χ0v) is 23.7. The van der Waals surface area contributed by atoms with Gasteiger partial charge in [0.1, 0.15) is 22.8 Å². The van der Waals surface area contributed by atoms with Crippen LogP contribution in [0.2, 0.25) is 0 Å². The van der Waals surface area contributed by atoms with Crippen LogP contribution in [0.5, 0.6) is 23.0 Å². The molecule has 0 heterocycles. The fourth-order valence-electron chi connectivity index (χ4n) is 6.76. The molecule has 12 nitrogen and oxygen atoms in total. The van der Waals surface area contributed by atoms with Crippen LogP contribution in [-0.2, 0) is 16.0 Å². The van der Waals surface area contributed by atoms with Crippen LogP contribution in [0, 0.1) is 11.8 Å². The third-order valence-corrected chi connectivity index (χ3v) is 8.58. The standard InChI is InChI=1S/C30H32N2O10/c1-32(2)23-16-9-13-8-15-14(12-10-18(40-3)26(42-5)19(11-12)41-4)6-7-17(33)21(15)24(34)20(13)27(36)30(16,39)28(37)22(25(23)35)29(31)38/h6-7,10-11,13,16,23,33,35-36,39H,8-9H2,1-5H3,(H2,31,38)/t13-,16-,23+,30+/m0/s1. The van der Waals surface area contributed by atoms with Crippen molar-refractivity contribution in [1.29, 1.82) is 0 Å². The Morgan fingerprint density at radius 3 is 2.17 bits per heavy atom. The average molecular weight is 581 g/mol. The Morgan fingerprint density at radius 1 is 1.02 bits per heavy atom. The van der Waals surface area contributed by atoms with Gasteiger partial charge < -0.3 is 40.4 Å². The number of allylic oxidation sites excluding steroid dienone is 1. The SMILES string of the molecule is COc1cc(-c2ccc(O)c3c2C[C@H]2C[C@H]4[C@@H](N(C)C)C(O)=C(C(N)=O)C(=O)[C@]4(O)C(O)=C2C3=O)cc(OC)c1OC. The van der Waals surface area contributed by atoms with Gasteiger partial charge in [-0.15, -0.1) is 0 Å². The molecule has 2 aromatic rings. The fraction of sp³-hybridized carbons (Fsp3) is 0.367. The Balaban J connectivity index is 1.72. The average Bonchev–Trinajstić information content (AvgIpc) is 2.93. The van der Waals surface area contributed by atoms with Gasteiger partial charge in [-0.05, 0) is 67.7 Å². The van der Waals surface area contributed by atoms with Gasteiger partial charge in [-0.2, -0.15) is 0 Å². The lowest BCUT2D eigenvalue weighted by Gasteiger charge is -2.50. The molecule has 0 unspecified atom stereocenters. The van der Waals surface area contributed by atoms with Crippen molar-refractivity contribution in [3.05, 3.63) is 58.1 Å². The molecule has 1 amide bonds. The van der Waals surface area contributed by atoms with Gasteiger partial charge in [0.25, 0.3) is 5.91 Å². The van der Waals surface area contributed by atoms with E-state index in [0.29, 0.717) is 33.9 Å². The van der Waals surface area contributed by atoms with E-state index in [2.05, 4.69) is 0 Å². The zero-order valence-electron chi connectivity index (χ0n) is 23.7. The van der Waals surface area contributed by atoms with Crippen molar-refractivity contribution in [2.75, 3.05) is 35.4 Å². The van der Waals surface area contributed by atoms with Crippen molar-refractivity contribution < 1.29 is 49.0 Å². The number of likely N-dealkylation sites (N-methyl/N-ethyl adjacent to an activating group) is 1. The topological polar surface area (TPSA) is 189 Å². The first-order valence-electron chi connectivity index (χ1n) is 13.1. The number of hydrogen-bond donors (Lipinski definition) is 5. The highest BCUT2D eigenvalue weighted by molar-refractivity contribution is 6.24. The number of hydrogen-bond acceptors (Lipinski definition) is 11. The monoisotopic (exact) mass is 580 g/mol. The largest absolute Gasteiger partial charge is 0.510 e. The zero-order chi connectivity index (χ0) is 30.8. The normalized spacial score (nSPS) is 25.2. The highest BCUT2D eigenvalue weighted by Crippen LogP contribution is 2.53. The number of rotatable bonds is 6. The second-order valence-corrected chi connectivity index (χ2v) is 10.9. The van der Waals surface area contributed by atoms with E-state index in [1.54, 1.807) is 32.3 Å². The number of carbonyl (C=O) groups is 3. The summed E-state index contributed by atoms with van der Waals surface area (Å²) in [5.41, 5.74) is 3.16. The summed E-state index contributed by atoms with van der Waals surface area (Å²) >= 11 is 0. The molecule has 4 atom stereocenters.